The molecule has 166 valence electrons. The number of fused-ring (bicyclic) bond motifs is 1. The quantitative estimate of drug-likeness (QED) is 0.532. The first-order valence-electron chi connectivity index (χ1n) is 11.3. The first kappa shape index (κ1) is 21.7. The van der Waals surface area contributed by atoms with Crippen molar-refractivity contribution in [2.45, 2.75) is 44.9 Å². The highest BCUT2D eigenvalue weighted by Crippen LogP contribution is 2.27. The Labute approximate surface area is 186 Å². The second-order valence-corrected chi connectivity index (χ2v) is 9.31. The molecule has 2 saturated heterocycles. The largest absolute Gasteiger partial charge is 0.355 e. The van der Waals surface area contributed by atoms with Gasteiger partial charge in [-0.05, 0) is 62.0 Å². The van der Waals surface area contributed by atoms with Gasteiger partial charge in [-0.15, -0.1) is 0 Å². The summed E-state index contributed by atoms with van der Waals surface area (Å²) in [5, 5.41) is 6.70. The van der Waals surface area contributed by atoms with Gasteiger partial charge in [0, 0.05) is 31.6 Å². The number of likely N-dealkylation sites (tertiary alicyclic amines) is 1. The van der Waals surface area contributed by atoms with Crippen LogP contribution in [0.5, 0.6) is 0 Å². The van der Waals surface area contributed by atoms with E-state index in [0.717, 1.165) is 67.4 Å². The fourth-order valence-electron chi connectivity index (χ4n) is 4.53. The van der Waals surface area contributed by atoms with Crippen LogP contribution >= 0.6 is 11.5 Å². The van der Waals surface area contributed by atoms with Gasteiger partial charge < -0.3 is 15.5 Å². The zero-order valence-electron chi connectivity index (χ0n) is 17.8. The minimum atomic E-state index is -0.542. The van der Waals surface area contributed by atoms with Crippen molar-refractivity contribution in [3.63, 3.8) is 0 Å². The SMILES string of the molecule is O=C1NCCCCC1C(=O)NCCCC1CCN(C(=O)c2snc3ccccc23)CC1. The van der Waals surface area contributed by atoms with E-state index in [-0.39, 0.29) is 17.7 Å². The lowest BCUT2D eigenvalue weighted by atomic mass is 9.92. The third-order valence-corrected chi connectivity index (χ3v) is 7.29. The van der Waals surface area contributed by atoms with Gasteiger partial charge in [-0.2, -0.15) is 4.37 Å². The Kier molecular flexibility index (Phi) is 7.17. The molecule has 3 amide bonds. The molecule has 7 nitrogen and oxygen atoms in total. The number of hydrogen-bond donors (Lipinski definition) is 2. The van der Waals surface area contributed by atoms with Gasteiger partial charge >= 0.3 is 0 Å². The van der Waals surface area contributed by atoms with E-state index in [1.165, 1.54) is 11.5 Å². The molecule has 3 heterocycles. The monoisotopic (exact) mass is 442 g/mol. The molecule has 31 heavy (non-hydrogen) atoms. The summed E-state index contributed by atoms with van der Waals surface area (Å²) in [6.07, 6.45) is 6.39. The predicted octanol–water partition coefficient (Wildman–Crippen LogP) is 2.96. The summed E-state index contributed by atoms with van der Waals surface area (Å²) >= 11 is 1.29. The average molecular weight is 443 g/mol. The van der Waals surface area contributed by atoms with Crippen molar-refractivity contribution < 1.29 is 14.4 Å². The van der Waals surface area contributed by atoms with E-state index >= 15 is 0 Å². The second-order valence-electron chi connectivity index (χ2n) is 8.54. The summed E-state index contributed by atoms with van der Waals surface area (Å²) in [4.78, 5) is 39.9. The van der Waals surface area contributed by atoms with E-state index in [0.29, 0.717) is 25.4 Å². The fraction of sp³-hybridized carbons (Fsp3) is 0.565. The highest BCUT2D eigenvalue weighted by atomic mass is 32.1. The van der Waals surface area contributed by atoms with Crippen molar-refractivity contribution in [1.29, 1.82) is 0 Å². The maximum atomic E-state index is 12.9. The Morgan fingerprint density at radius 2 is 1.97 bits per heavy atom. The van der Waals surface area contributed by atoms with E-state index in [1.807, 2.05) is 29.2 Å². The Bertz CT molecular complexity index is 936. The number of carbonyl (C=O) groups excluding carboxylic acids is 3. The Balaban J connectivity index is 1.18. The molecule has 0 spiro atoms. The van der Waals surface area contributed by atoms with Gasteiger partial charge in [-0.1, -0.05) is 24.6 Å². The van der Waals surface area contributed by atoms with Crippen LogP contribution < -0.4 is 10.6 Å². The summed E-state index contributed by atoms with van der Waals surface area (Å²) in [6.45, 7) is 2.81. The number of hydrogen-bond acceptors (Lipinski definition) is 5. The van der Waals surface area contributed by atoms with Crippen LogP contribution in [0.2, 0.25) is 0 Å². The molecule has 2 aromatic rings. The summed E-state index contributed by atoms with van der Waals surface area (Å²) in [5.74, 6) is -0.164. The molecule has 2 aliphatic rings. The van der Waals surface area contributed by atoms with Crippen LogP contribution in [0.3, 0.4) is 0 Å². The third kappa shape index (κ3) is 5.23. The number of nitrogens with zero attached hydrogens (tertiary/aromatic N) is 2. The maximum absolute atomic E-state index is 12.9. The molecule has 0 bridgehead atoms. The lowest BCUT2D eigenvalue weighted by molar-refractivity contribution is -0.135. The van der Waals surface area contributed by atoms with Gasteiger partial charge in [0.2, 0.25) is 11.8 Å². The van der Waals surface area contributed by atoms with Crippen molar-refractivity contribution in [2.75, 3.05) is 26.2 Å². The van der Waals surface area contributed by atoms with Gasteiger partial charge in [0.15, 0.2) is 0 Å². The van der Waals surface area contributed by atoms with E-state index in [1.54, 1.807) is 0 Å². The summed E-state index contributed by atoms with van der Waals surface area (Å²) in [7, 11) is 0. The smallest absolute Gasteiger partial charge is 0.266 e. The van der Waals surface area contributed by atoms with Gasteiger partial charge in [0.25, 0.3) is 5.91 Å². The molecule has 0 radical (unpaired) electrons. The average Bonchev–Trinajstić information content (AvgIpc) is 3.11. The number of rotatable bonds is 6. The minimum Gasteiger partial charge on any atom is -0.355 e. The number of piperidine rings is 1. The molecule has 4 rings (SSSR count). The molecular weight excluding hydrogens is 412 g/mol. The normalized spacial score (nSPS) is 20.3. The van der Waals surface area contributed by atoms with Crippen molar-refractivity contribution >= 4 is 40.2 Å². The highest BCUT2D eigenvalue weighted by molar-refractivity contribution is 7.09. The van der Waals surface area contributed by atoms with E-state index < -0.39 is 5.92 Å². The maximum Gasteiger partial charge on any atom is 0.266 e. The predicted molar refractivity (Wildman–Crippen MR) is 121 cm³/mol. The van der Waals surface area contributed by atoms with Crippen LogP contribution in [0.4, 0.5) is 0 Å². The molecule has 1 aromatic carbocycles. The lowest BCUT2D eigenvalue weighted by Gasteiger charge is -2.31. The molecule has 2 fully saturated rings. The van der Waals surface area contributed by atoms with Gasteiger partial charge in [-0.3, -0.25) is 14.4 Å². The van der Waals surface area contributed by atoms with Crippen molar-refractivity contribution in [2.24, 2.45) is 11.8 Å². The van der Waals surface area contributed by atoms with Crippen LogP contribution in [0.15, 0.2) is 24.3 Å². The van der Waals surface area contributed by atoms with Crippen molar-refractivity contribution in [1.82, 2.24) is 19.9 Å². The summed E-state index contributed by atoms with van der Waals surface area (Å²) < 4.78 is 4.39. The topological polar surface area (TPSA) is 91.4 Å². The third-order valence-electron chi connectivity index (χ3n) is 6.42. The first-order valence-corrected chi connectivity index (χ1v) is 12.1. The molecule has 2 N–H and O–H groups in total. The molecular formula is C23H30N4O3S. The zero-order chi connectivity index (χ0) is 21.6. The molecule has 0 aliphatic carbocycles. The standard InChI is InChI=1S/C23H30N4O3S/c28-21-18(8-3-4-12-24-21)22(29)25-13-5-6-16-10-14-27(15-11-16)23(30)20-17-7-1-2-9-19(17)26-31-20/h1-2,7,9,16,18H,3-6,8,10-15H2,(H,24,28)(H,25,29). The Morgan fingerprint density at radius 3 is 2.81 bits per heavy atom. The van der Waals surface area contributed by atoms with Crippen molar-refractivity contribution in [3.05, 3.63) is 29.1 Å². The number of benzene rings is 1. The minimum absolute atomic E-state index is 0.0890. The van der Waals surface area contributed by atoms with Gasteiger partial charge in [0.05, 0.1) is 5.52 Å². The van der Waals surface area contributed by atoms with Crippen LogP contribution in [0, 0.1) is 11.8 Å². The molecule has 8 heteroatoms. The van der Waals surface area contributed by atoms with E-state index in [4.69, 9.17) is 0 Å². The molecule has 0 saturated carbocycles. The zero-order valence-corrected chi connectivity index (χ0v) is 18.6. The number of nitrogens with one attached hydrogen (secondary N) is 2. The highest BCUT2D eigenvalue weighted by Gasteiger charge is 2.28. The van der Waals surface area contributed by atoms with Gasteiger partial charge in [-0.25, -0.2) is 0 Å². The van der Waals surface area contributed by atoms with Gasteiger partial charge in [0.1, 0.15) is 10.8 Å². The van der Waals surface area contributed by atoms with E-state index in [2.05, 4.69) is 15.0 Å². The number of amides is 3. The molecule has 1 atom stereocenters. The van der Waals surface area contributed by atoms with Crippen LogP contribution in [-0.4, -0.2) is 53.2 Å². The number of carbonyl (C=O) groups is 3. The Morgan fingerprint density at radius 1 is 1.16 bits per heavy atom. The molecule has 1 unspecified atom stereocenters. The number of aromatic nitrogens is 1. The first-order chi connectivity index (χ1) is 15.1. The van der Waals surface area contributed by atoms with Crippen molar-refractivity contribution in [3.8, 4) is 0 Å². The summed E-state index contributed by atoms with van der Waals surface area (Å²) in [6, 6.07) is 7.79. The van der Waals surface area contributed by atoms with Crippen LogP contribution in [-0.2, 0) is 9.59 Å². The Hall–Kier alpha value is -2.48. The fourth-order valence-corrected chi connectivity index (χ4v) is 5.35. The van der Waals surface area contributed by atoms with E-state index in [9.17, 15) is 14.4 Å². The summed E-state index contributed by atoms with van der Waals surface area (Å²) in [5.41, 5.74) is 0.883. The van der Waals surface area contributed by atoms with Crippen LogP contribution in [0.25, 0.3) is 10.9 Å². The lowest BCUT2D eigenvalue weighted by Crippen LogP contribution is -2.40. The molecule has 2 aliphatic heterocycles. The van der Waals surface area contributed by atoms with Crippen LogP contribution in [0.1, 0.15) is 54.6 Å². The molecule has 1 aromatic heterocycles. The second kappa shape index (κ2) is 10.2.